The van der Waals surface area contributed by atoms with Crippen LogP contribution in [0.25, 0.3) is 0 Å². The topological polar surface area (TPSA) is 71.1 Å². The Kier molecular flexibility index (Phi) is 5.38. The van der Waals surface area contributed by atoms with Gasteiger partial charge in [0.05, 0.1) is 18.7 Å². The third kappa shape index (κ3) is 3.77. The summed E-state index contributed by atoms with van der Waals surface area (Å²) >= 11 is 0. The number of nitrogens with zero attached hydrogens (tertiary/aromatic N) is 2. The maximum atomic E-state index is 12.4. The zero-order chi connectivity index (χ0) is 16.2. The van der Waals surface area contributed by atoms with Crippen LogP contribution < -0.4 is 5.32 Å². The quantitative estimate of drug-likeness (QED) is 0.796. The van der Waals surface area contributed by atoms with Crippen molar-refractivity contribution >= 4 is 11.9 Å². The van der Waals surface area contributed by atoms with Crippen molar-refractivity contribution in [2.24, 2.45) is 5.92 Å². The van der Waals surface area contributed by atoms with E-state index in [2.05, 4.69) is 5.32 Å². The minimum absolute atomic E-state index is 0.0314. The highest BCUT2D eigenvalue weighted by atomic mass is 16.5. The van der Waals surface area contributed by atoms with Crippen LogP contribution >= 0.6 is 0 Å². The van der Waals surface area contributed by atoms with E-state index in [-0.39, 0.29) is 24.0 Å². The van der Waals surface area contributed by atoms with E-state index in [4.69, 9.17) is 9.47 Å². The molecule has 23 heavy (non-hydrogen) atoms. The van der Waals surface area contributed by atoms with Gasteiger partial charge in [0.15, 0.2) is 0 Å². The minimum Gasteiger partial charge on any atom is -0.383 e. The van der Waals surface area contributed by atoms with E-state index in [1.165, 1.54) is 0 Å². The van der Waals surface area contributed by atoms with E-state index in [1.54, 1.807) is 12.0 Å². The second-order valence-electron chi connectivity index (χ2n) is 6.71. The van der Waals surface area contributed by atoms with Gasteiger partial charge in [0, 0.05) is 46.4 Å². The molecular formula is C16H27N3O4. The van der Waals surface area contributed by atoms with Gasteiger partial charge in [-0.05, 0) is 25.2 Å². The number of rotatable bonds is 5. The van der Waals surface area contributed by atoms with E-state index < -0.39 is 0 Å². The van der Waals surface area contributed by atoms with E-state index in [9.17, 15) is 9.59 Å². The lowest BCUT2D eigenvalue weighted by Gasteiger charge is -2.44. The molecule has 7 nitrogen and oxygen atoms in total. The van der Waals surface area contributed by atoms with Crippen molar-refractivity contribution in [2.75, 3.05) is 46.6 Å². The molecule has 0 spiro atoms. The maximum Gasteiger partial charge on any atom is 0.317 e. The number of urea groups is 1. The molecule has 0 aromatic heterocycles. The van der Waals surface area contributed by atoms with E-state index in [0.717, 1.165) is 39.0 Å². The first kappa shape index (κ1) is 16.5. The zero-order valence-electron chi connectivity index (χ0n) is 13.8. The first-order valence-corrected chi connectivity index (χ1v) is 8.60. The molecule has 3 rings (SSSR count). The van der Waals surface area contributed by atoms with Gasteiger partial charge in [0.2, 0.25) is 5.91 Å². The Morgan fingerprint density at radius 3 is 2.74 bits per heavy atom. The Morgan fingerprint density at radius 1 is 1.39 bits per heavy atom. The molecule has 0 radical (unpaired) electrons. The van der Waals surface area contributed by atoms with Gasteiger partial charge >= 0.3 is 6.03 Å². The molecule has 1 atom stereocenters. The highest BCUT2D eigenvalue weighted by Gasteiger charge is 2.39. The highest BCUT2D eigenvalue weighted by Crippen LogP contribution is 2.23. The van der Waals surface area contributed by atoms with Gasteiger partial charge in [-0.1, -0.05) is 0 Å². The third-order valence-corrected chi connectivity index (χ3v) is 5.19. The molecular weight excluding hydrogens is 298 g/mol. The average molecular weight is 325 g/mol. The Balaban J connectivity index is 1.47. The highest BCUT2D eigenvalue weighted by molar-refractivity contribution is 5.80. The number of amides is 3. The third-order valence-electron chi connectivity index (χ3n) is 5.19. The van der Waals surface area contributed by atoms with Crippen LogP contribution in [0.2, 0.25) is 0 Å². The molecule has 1 unspecified atom stereocenters. The van der Waals surface area contributed by atoms with Crippen molar-refractivity contribution in [3.05, 3.63) is 0 Å². The zero-order valence-corrected chi connectivity index (χ0v) is 13.8. The Bertz CT molecular complexity index is 433. The van der Waals surface area contributed by atoms with Crippen molar-refractivity contribution in [1.29, 1.82) is 0 Å². The molecule has 0 aromatic rings. The fraction of sp³-hybridized carbons (Fsp3) is 0.875. The number of hydrogen-bond donors (Lipinski definition) is 1. The summed E-state index contributed by atoms with van der Waals surface area (Å²) in [5, 5.41) is 3.11. The van der Waals surface area contributed by atoms with Crippen LogP contribution in [0.5, 0.6) is 0 Å². The number of carbonyl (C=O) groups is 2. The molecule has 3 amide bonds. The monoisotopic (exact) mass is 325 g/mol. The molecule has 0 aliphatic carbocycles. The second-order valence-corrected chi connectivity index (χ2v) is 6.71. The molecule has 3 aliphatic rings. The molecule has 130 valence electrons. The summed E-state index contributed by atoms with van der Waals surface area (Å²) in [7, 11) is 1.66. The number of ether oxygens (including phenoxy) is 2. The van der Waals surface area contributed by atoms with Crippen LogP contribution in [0.3, 0.4) is 0 Å². The number of likely N-dealkylation sites (tertiary alicyclic amines) is 2. The predicted molar refractivity (Wildman–Crippen MR) is 84.0 cm³/mol. The number of nitrogens with one attached hydrogen (secondary N) is 1. The van der Waals surface area contributed by atoms with E-state index in [0.29, 0.717) is 32.0 Å². The molecule has 3 saturated heterocycles. The first-order valence-electron chi connectivity index (χ1n) is 8.60. The summed E-state index contributed by atoms with van der Waals surface area (Å²) < 4.78 is 10.7. The molecule has 1 N–H and O–H groups in total. The molecule has 0 bridgehead atoms. The summed E-state index contributed by atoms with van der Waals surface area (Å²) in [5.74, 6) is 0.638. The fourth-order valence-electron chi connectivity index (χ4n) is 3.72. The van der Waals surface area contributed by atoms with E-state index in [1.807, 2.05) is 4.90 Å². The van der Waals surface area contributed by atoms with Gasteiger partial charge in [0.1, 0.15) is 0 Å². The first-order chi connectivity index (χ1) is 11.2. The lowest BCUT2D eigenvalue weighted by atomic mass is 9.92. The fourth-order valence-corrected chi connectivity index (χ4v) is 3.72. The van der Waals surface area contributed by atoms with Crippen LogP contribution in [-0.2, 0) is 14.3 Å². The van der Waals surface area contributed by atoms with Crippen LogP contribution in [0, 0.1) is 5.92 Å². The average Bonchev–Trinajstić information content (AvgIpc) is 2.92. The van der Waals surface area contributed by atoms with Gasteiger partial charge in [-0.15, -0.1) is 0 Å². The minimum atomic E-state index is -0.0403. The van der Waals surface area contributed by atoms with Gasteiger partial charge < -0.3 is 24.6 Å². The Morgan fingerprint density at radius 2 is 2.13 bits per heavy atom. The van der Waals surface area contributed by atoms with Gasteiger partial charge in [-0.25, -0.2) is 4.79 Å². The van der Waals surface area contributed by atoms with Crippen molar-refractivity contribution in [2.45, 2.75) is 37.8 Å². The molecule has 0 aromatic carbocycles. The van der Waals surface area contributed by atoms with E-state index >= 15 is 0 Å². The van der Waals surface area contributed by atoms with Gasteiger partial charge in [-0.3, -0.25) is 4.79 Å². The molecule has 3 fully saturated rings. The lowest BCUT2D eigenvalue weighted by Crippen LogP contribution is -2.64. The smallest absolute Gasteiger partial charge is 0.317 e. The van der Waals surface area contributed by atoms with Crippen molar-refractivity contribution in [1.82, 2.24) is 15.1 Å². The molecule has 7 heteroatoms. The summed E-state index contributed by atoms with van der Waals surface area (Å²) in [6.07, 6.45) is 3.52. The largest absolute Gasteiger partial charge is 0.383 e. The normalized spacial score (nSPS) is 24.7. The number of carbonyl (C=O) groups excluding carboxylic acids is 2. The van der Waals surface area contributed by atoms with Crippen LogP contribution in [0.4, 0.5) is 4.79 Å². The molecule has 0 saturated carbocycles. The van der Waals surface area contributed by atoms with Crippen molar-refractivity contribution in [3.63, 3.8) is 0 Å². The summed E-state index contributed by atoms with van der Waals surface area (Å²) in [4.78, 5) is 27.9. The Labute approximate surface area is 137 Å². The summed E-state index contributed by atoms with van der Waals surface area (Å²) in [6.45, 7) is 4.16. The number of methoxy groups -OCH3 is 1. The van der Waals surface area contributed by atoms with Crippen LogP contribution in [-0.4, -0.2) is 80.4 Å². The van der Waals surface area contributed by atoms with Gasteiger partial charge in [-0.2, -0.15) is 0 Å². The van der Waals surface area contributed by atoms with Crippen molar-refractivity contribution in [3.8, 4) is 0 Å². The van der Waals surface area contributed by atoms with Crippen molar-refractivity contribution < 1.29 is 19.1 Å². The molecule has 3 heterocycles. The van der Waals surface area contributed by atoms with Crippen LogP contribution in [0.1, 0.15) is 25.7 Å². The molecule has 3 aliphatic heterocycles. The summed E-state index contributed by atoms with van der Waals surface area (Å²) in [5.41, 5.74) is 0. The number of hydrogen-bond acceptors (Lipinski definition) is 4. The van der Waals surface area contributed by atoms with Crippen LogP contribution in [0.15, 0.2) is 0 Å². The summed E-state index contributed by atoms with van der Waals surface area (Å²) in [6, 6.07) is 0.199. The Hall–Kier alpha value is -1.34. The van der Waals surface area contributed by atoms with Gasteiger partial charge in [0.25, 0.3) is 0 Å². The standard InChI is InChI=1S/C16H27N3O4/c1-22-11-14(12-4-7-23-8-5-12)17-16(21)18-9-13(10-18)19-6-2-3-15(19)20/h12-14H,2-11H2,1H3,(H,17,21). The second kappa shape index (κ2) is 7.49. The predicted octanol–water partition coefficient (Wildman–Crippen LogP) is 0.444. The SMILES string of the molecule is COCC(NC(=O)N1CC(N2CCCC2=O)C1)C1CCOCC1. The maximum absolute atomic E-state index is 12.4. The lowest BCUT2D eigenvalue weighted by molar-refractivity contribution is -0.132.